The van der Waals surface area contributed by atoms with Crippen LogP contribution in [0.3, 0.4) is 0 Å². The fourth-order valence-corrected chi connectivity index (χ4v) is 13.6. The molecule has 0 radical (unpaired) electrons. The van der Waals surface area contributed by atoms with Crippen molar-refractivity contribution in [2.45, 2.75) is 0 Å². The van der Waals surface area contributed by atoms with Gasteiger partial charge < -0.3 is 42.5 Å². The molecule has 0 saturated heterocycles. The van der Waals surface area contributed by atoms with E-state index in [0.29, 0.717) is 0 Å². The van der Waals surface area contributed by atoms with Gasteiger partial charge in [0.25, 0.3) is 90.1 Å². The fraction of sp³-hybridized carbons (Fsp3) is 0. The first-order valence-electron chi connectivity index (χ1n) is 5.25. The molecule has 0 aromatic rings. The van der Waals surface area contributed by atoms with Crippen molar-refractivity contribution in [3.8, 4) is 0 Å². The third-order valence-corrected chi connectivity index (χ3v) is 12.1. The molecule has 0 amide bonds. The van der Waals surface area contributed by atoms with Crippen molar-refractivity contribution < 1.29 is 42.5 Å². The first-order chi connectivity index (χ1) is 9.41. The Morgan fingerprint density at radius 1 is 0.368 bits per heavy atom. The molecule has 0 atom stereocenters. The molecule has 2 N–H and O–H groups in total. The topological polar surface area (TPSA) is 114 Å². The molecule has 0 aromatic carbocycles. The monoisotopic (exact) mass is 432 g/mol. The quantitative estimate of drug-likeness (QED) is 0.180. The van der Waals surface area contributed by atoms with Gasteiger partial charge in [0.15, 0.2) is 0 Å². The second-order valence-corrected chi connectivity index (χ2v) is 17.9. The second kappa shape index (κ2) is 19.6. The molecule has 0 bridgehead atoms. The van der Waals surface area contributed by atoms with Gasteiger partial charge >= 0.3 is 0 Å². The molecular weight excluding hydrogens is 413 g/mol. The van der Waals surface area contributed by atoms with Crippen LogP contribution in [0.4, 0.5) is 0 Å². The third kappa shape index (κ3) is 19.6. The maximum absolute atomic E-state index is 8.46. The fourth-order valence-electron chi connectivity index (χ4n) is 0.691. The van der Waals surface area contributed by atoms with Crippen molar-refractivity contribution in [1.29, 1.82) is 0 Å². The predicted molar refractivity (Wildman–Crippen MR) is 90.0 cm³/mol. The van der Waals surface area contributed by atoms with Crippen LogP contribution in [0.1, 0.15) is 0 Å². The second-order valence-electron chi connectivity index (χ2n) is 2.72. The van der Waals surface area contributed by atoms with Gasteiger partial charge in [0, 0.05) is 0 Å². The lowest BCUT2D eigenvalue weighted by Gasteiger charge is -2.08. The lowest BCUT2D eigenvalue weighted by atomic mass is 15.7. The predicted octanol–water partition coefficient (Wildman–Crippen LogP) is -9.91. The van der Waals surface area contributed by atoms with Crippen LogP contribution in [0.5, 0.6) is 0 Å². The molecule has 19 heteroatoms. The largest absolute Gasteiger partial charge is 0.425 e. The van der Waals surface area contributed by atoms with E-state index in [4.69, 9.17) is 42.5 Å². The number of rotatable bonds is 16. The SMILES string of the molecule is O[SiH2]O[SiH2]O[SiH2]O[SiH2]O[SiH2]O[SiH2]O[SiH2]O[SiH2]O[SiH2]O. The molecule has 0 saturated carbocycles. The molecule has 10 nitrogen and oxygen atoms in total. The summed E-state index contributed by atoms with van der Waals surface area (Å²) in [5.74, 6) is 0. The summed E-state index contributed by atoms with van der Waals surface area (Å²) in [5.41, 5.74) is 0. The highest BCUT2D eigenvalue weighted by molar-refractivity contribution is 6.49. The Kier molecular flexibility index (Phi) is 21.1. The molecule has 0 aliphatic rings. The van der Waals surface area contributed by atoms with Crippen LogP contribution in [-0.4, -0.2) is 99.7 Å². The van der Waals surface area contributed by atoms with Crippen LogP contribution < -0.4 is 0 Å². The van der Waals surface area contributed by atoms with Crippen LogP contribution in [0.15, 0.2) is 0 Å². The van der Waals surface area contributed by atoms with Gasteiger partial charge in [-0.2, -0.15) is 0 Å². The Hall–Kier alpha value is 1.55. The van der Waals surface area contributed by atoms with Gasteiger partial charge in [0.2, 0.25) is 0 Å². The van der Waals surface area contributed by atoms with E-state index < -0.39 is 90.1 Å². The Morgan fingerprint density at radius 3 is 0.789 bits per heavy atom. The van der Waals surface area contributed by atoms with E-state index >= 15 is 0 Å². The number of hydrogen-bond acceptors (Lipinski definition) is 10. The highest BCUT2D eigenvalue weighted by atomic mass is 28.4. The Bertz CT molecular complexity index is 142. The van der Waals surface area contributed by atoms with Crippen molar-refractivity contribution in [3.63, 3.8) is 0 Å². The van der Waals surface area contributed by atoms with Crippen LogP contribution >= 0.6 is 0 Å². The van der Waals surface area contributed by atoms with Crippen molar-refractivity contribution in [2.75, 3.05) is 0 Å². The molecule has 0 aromatic heterocycles. The molecule has 0 fully saturated rings. The molecule has 0 spiro atoms. The third-order valence-electron chi connectivity index (χ3n) is 1.35. The molecular formula is H20O10Si9. The van der Waals surface area contributed by atoms with E-state index in [1.54, 1.807) is 0 Å². The first-order valence-corrected chi connectivity index (χ1v) is 15.8. The Labute approximate surface area is 132 Å². The van der Waals surface area contributed by atoms with Gasteiger partial charge in [-0.25, -0.2) is 0 Å². The summed E-state index contributed by atoms with van der Waals surface area (Å²) >= 11 is 0. The maximum Gasteiger partial charge on any atom is 0.292 e. The standard InChI is InChI=1S/H20O10Si9/c1-11-3-13-5-15-7-17-9-19-10-18-8-16-6-14-4-12-2/h1-2H,11-19H2. The van der Waals surface area contributed by atoms with Gasteiger partial charge in [-0.3, -0.25) is 0 Å². The summed E-state index contributed by atoms with van der Waals surface area (Å²) in [7, 11) is -9.48. The summed E-state index contributed by atoms with van der Waals surface area (Å²) in [6.45, 7) is 0. The zero-order valence-electron chi connectivity index (χ0n) is 10.5. The Balaban J connectivity index is 2.88. The summed E-state index contributed by atoms with van der Waals surface area (Å²) in [4.78, 5) is 16.9. The van der Waals surface area contributed by atoms with Gasteiger partial charge in [-0.15, -0.1) is 0 Å². The van der Waals surface area contributed by atoms with Crippen molar-refractivity contribution in [2.24, 2.45) is 0 Å². The molecule has 0 aliphatic carbocycles. The molecule has 116 valence electrons. The minimum Gasteiger partial charge on any atom is -0.425 e. The van der Waals surface area contributed by atoms with Crippen molar-refractivity contribution in [3.05, 3.63) is 0 Å². The first kappa shape index (κ1) is 20.6. The number of hydrogen-bond donors (Lipinski definition) is 2. The highest BCUT2D eigenvalue weighted by Gasteiger charge is 1.95. The van der Waals surface area contributed by atoms with E-state index in [-0.39, 0.29) is 0 Å². The van der Waals surface area contributed by atoms with Gasteiger partial charge in [0.1, 0.15) is 0 Å². The molecule has 0 rings (SSSR count). The summed E-state index contributed by atoms with van der Waals surface area (Å²) < 4.78 is 41.1. The average Bonchev–Trinajstić information content (AvgIpc) is 2.43. The molecule has 0 aliphatic heterocycles. The average molecular weight is 433 g/mol. The lowest BCUT2D eigenvalue weighted by molar-refractivity contribution is 0.360. The van der Waals surface area contributed by atoms with Crippen LogP contribution in [0, 0.1) is 0 Å². The molecule has 19 heavy (non-hydrogen) atoms. The minimum absolute atomic E-state index is 0.973. The van der Waals surface area contributed by atoms with E-state index in [9.17, 15) is 0 Å². The van der Waals surface area contributed by atoms with Gasteiger partial charge in [-0.1, -0.05) is 0 Å². The normalized spacial score (nSPS) is 16.7. The van der Waals surface area contributed by atoms with Gasteiger partial charge in [0.05, 0.1) is 0 Å². The maximum atomic E-state index is 8.46. The van der Waals surface area contributed by atoms with Crippen molar-refractivity contribution in [1.82, 2.24) is 0 Å². The molecule has 0 unspecified atom stereocenters. The van der Waals surface area contributed by atoms with E-state index in [2.05, 4.69) is 0 Å². The smallest absolute Gasteiger partial charge is 0.292 e. The van der Waals surface area contributed by atoms with Crippen LogP contribution in [-0.2, 0) is 32.9 Å². The lowest BCUT2D eigenvalue weighted by Crippen LogP contribution is -2.21. The van der Waals surface area contributed by atoms with Crippen LogP contribution in [0.2, 0.25) is 0 Å². The zero-order chi connectivity index (χ0) is 14.0. The molecule has 0 heterocycles. The van der Waals surface area contributed by atoms with E-state index in [1.807, 2.05) is 0 Å². The Morgan fingerprint density at radius 2 is 0.579 bits per heavy atom. The summed E-state index contributed by atoms with van der Waals surface area (Å²) in [5, 5.41) is 0. The van der Waals surface area contributed by atoms with Gasteiger partial charge in [-0.05, 0) is 0 Å². The summed E-state index contributed by atoms with van der Waals surface area (Å²) in [6.07, 6.45) is 0. The van der Waals surface area contributed by atoms with E-state index in [1.165, 1.54) is 0 Å². The summed E-state index contributed by atoms with van der Waals surface area (Å²) in [6, 6.07) is 0. The zero-order valence-corrected chi connectivity index (χ0v) is 23.3. The van der Waals surface area contributed by atoms with Crippen molar-refractivity contribution >= 4 is 90.1 Å². The minimum atomic E-state index is -1.31. The highest BCUT2D eigenvalue weighted by Crippen LogP contribution is 1.77. The van der Waals surface area contributed by atoms with Crippen LogP contribution in [0.25, 0.3) is 0 Å². The van der Waals surface area contributed by atoms with E-state index in [0.717, 1.165) is 0 Å².